The minimum atomic E-state index is 0.751. The van der Waals surface area contributed by atoms with Gasteiger partial charge >= 0.3 is 0 Å². The second kappa shape index (κ2) is 7.20. The lowest BCUT2D eigenvalue weighted by molar-refractivity contribution is 0.577. The average Bonchev–Trinajstić information content (AvgIpc) is 2.72. The van der Waals surface area contributed by atoms with E-state index in [0.717, 1.165) is 35.1 Å². The molecule has 4 heteroatoms. The number of imidazole rings is 1. The Kier molecular flexibility index (Phi) is 5.59. The van der Waals surface area contributed by atoms with Gasteiger partial charge in [0.05, 0.1) is 11.0 Å². The van der Waals surface area contributed by atoms with Gasteiger partial charge in [0.1, 0.15) is 5.82 Å². The molecular formula is C15H21ClN2S. The number of nitrogens with zero attached hydrogens (tertiary/aromatic N) is 2. The maximum atomic E-state index is 6.04. The summed E-state index contributed by atoms with van der Waals surface area (Å²) in [5, 5.41) is 0.751. The standard InChI is InChI=1S/C15H21ClN2S/c1-2-3-4-5-9-18-14-7-6-12(16)11-13(14)17-15(18)8-10-19/h6-7,11,19H,2-5,8-10H2,1H3. The molecule has 0 aliphatic heterocycles. The molecule has 0 spiro atoms. The molecule has 1 heterocycles. The molecule has 0 fully saturated rings. The predicted octanol–water partition coefficient (Wildman–Crippen LogP) is 4.74. The second-order valence-corrected chi connectivity index (χ2v) is 5.73. The fourth-order valence-corrected chi connectivity index (χ4v) is 2.76. The molecule has 0 aliphatic rings. The fourth-order valence-electron chi connectivity index (χ4n) is 2.39. The molecule has 0 saturated heterocycles. The quantitative estimate of drug-likeness (QED) is 0.577. The maximum Gasteiger partial charge on any atom is 0.110 e. The third kappa shape index (κ3) is 3.67. The number of unbranched alkanes of at least 4 members (excludes halogenated alkanes) is 3. The van der Waals surface area contributed by atoms with Crippen molar-refractivity contribution < 1.29 is 0 Å². The summed E-state index contributed by atoms with van der Waals surface area (Å²) in [6.07, 6.45) is 5.97. The Bertz CT molecular complexity index is 536. The van der Waals surface area contributed by atoms with E-state index in [0.29, 0.717) is 0 Å². The average molecular weight is 297 g/mol. The zero-order chi connectivity index (χ0) is 13.7. The van der Waals surface area contributed by atoms with Gasteiger partial charge in [0.2, 0.25) is 0 Å². The normalized spacial score (nSPS) is 11.3. The van der Waals surface area contributed by atoms with Crippen molar-refractivity contribution in [2.75, 3.05) is 5.75 Å². The molecule has 0 bridgehead atoms. The Morgan fingerprint density at radius 1 is 1.26 bits per heavy atom. The van der Waals surface area contributed by atoms with Gasteiger partial charge in [0, 0.05) is 18.0 Å². The predicted molar refractivity (Wildman–Crippen MR) is 86.4 cm³/mol. The van der Waals surface area contributed by atoms with Crippen molar-refractivity contribution in [3.63, 3.8) is 0 Å². The number of rotatable bonds is 7. The molecule has 1 aromatic heterocycles. The molecule has 1 aromatic carbocycles. The second-order valence-electron chi connectivity index (χ2n) is 4.85. The van der Waals surface area contributed by atoms with Crippen molar-refractivity contribution in [2.24, 2.45) is 0 Å². The number of hydrogen-bond donors (Lipinski definition) is 1. The van der Waals surface area contributed by atoms with Gasteiger partial charge < -0.3 is 4.57 Å². The van der Waals surface area contributed by atoms with Crippen LogP contribution >= 0.6 is 24.2 Å². The summed E-state index contributed by atoms with van der Waals surface area (Å²) in [7, 11) is 0. The topological polar surface area (TPSA) is 17.8 Å². The fraction of sp³-hybridized carbons (Fsp3) is 0.533. The first-order valence-electron chi connectivity index (χ1n) is 7.01. The number of halogens is 1. The van der Waals surface area contributed by atoms with Crippen molar-refractivity contribution in [3.8, 4) is 0 Å². The zero-order valence-electron chi connectivity index (χ0n) is 11.4. The maximum absolute atomic E-state index is 6.04. The van der Waals surface area contributed by atoms with E-state index < -0.39 is 0 Å². The summed E-state index contributed by atoms with van der Waals surface area (Å²) in [5.74, 6) is 1.95. The van der Waals surface area contributed by atoms with E-state index in [1.54, 1.807) is 0 Å². The number of fused-ring (bicyclic) bond motifs is 1. The number of aryl methyl sites for hydroxylation is 2. The van der Waals surface area contributed by atoms with E-state index >= 15 is 0 Å². The van der Waals surface area contributed by atoms with Crippen molar-refractivity contribution in [3.05, 3.63) is 29.0 Å². The lowest BCUT2D eigenvalue weighted by atomic mass is 10.2. The van der Waals surface area contributed by atoms with Gasteiger partial charge in [-0.15, -0.1) is 0 Å². The first-order valence-corrected chi connectivity index (χ1v) is 8.02. The first-order chi connectivity index (χ1) is 9.26. The van der Waals surface area contributed by atoms with Crippen LogP contribution < -0.4 is 0 Å². The van der Waals surface area contributed by atoms with E-state index in [1.807, 2.05) is 12.1 Å². The van der Waals surface area contributed by atoms with E-state index in [4.69, 9.17) is 16.6 Å². The highest BCUT2D eigenvalue weighted by Gasteiger charge is 2.10. The third-order valence-electron chi connectivity index (χ3n) is 3.36. The van der Waals surface area contributed by atoms with E-state index in [9.17, 15) is 0 Å². The SMILES string of the molecule is CCCCCCn1c(CCS)nc2cc(Cl)ccc21. The molecule has 0 aliphatic carbocycles. The highest BCUT2D eigenvalue weighted by molar-refractivity contribution is 7.80. The minimum absolute atomic E-state index is 0.751. The first kappa shape index (κ1) is 14.7. The highest BCUT2D eigenvalue weighted by Crippen LogP contribution is 2.22. The van der Waals surface area contributed by atoms with Crippen LogP contribution in [0.15, 0.2) is 18.2 Å². The lowest BCUT2D eigenvalue weighted by Crippen LogP contribution is -2.05. The molecule has 0 N–H and O–H groups in total. The summed E-state index contributed by atoms with van der Waals surface area (Å²) in [6, 6.07) is 5.96. The van der Waals surface area contributed by atoms with Gasteiger partial charge in [-0.1, -0.05) is 37.8 Å². The molecule has 2 rings (SSSR count). The summed E-state index contributed by atoms with van der Waals surface area (Å²) in [5.41, 5.74) is 2.19. The molecule has 2 nitrogen and oxygen atoms in total. The summed E-state index contributed by atoms with van der Waals surface area (Å²) < 4.78 is 2.33. The van der Waals surface area contributed by atoms with Crippen molar-refractivity contribution in [1.29, 1.82) is 0 Å². The summed E-state index contributed by atoms with van der Waals surface area (Å²) in [6.45, 7) is 3.28. The number of benzene rings is 1. The number of hydrogen-bond acceptors (Lipinski definition) is 2. The van der Waals surface area contributed by atoms with Gasteiger partial charge in [-0.05, 0) is 30.4 Å². The Morgan fingerprint density at radius 2 is 2.11 bits per heavy atom. The van der Waals surface area contributed by atoms with Crippen molar-refractivity contribution >= 4 is 35.3 Å². The van der Waals surface area contributed by atoms with Crippen LogP contribution in [0.4, 0.5) is 0 Å². The van der Waals surface area contributed by atoms with Crippen LogP contribution in [0.5, 0.6) is 0 Å². The van der Waals surface area contributed by atoms with Crippen molar-refractivity contribution in [2.45, 2.75) is 45.6 Å². The van der Waals surface area contributed by atoms with E-state index in [1.165, 1.54) is 31.2 Å². The zero-order valence-corrected chi connectivity index (χ0v) is 13.1. The van der Waals surface area contributed by atoms with Gasteiger partial charge in [-0.2, -0.15) is 12.6 Å². The number of aromatic nitrogens is 2. The largest absolute Gasteiger partial charge is 0.328 e. The van der Waals surface area contributed by atoms with Crippen LogP contribution in [0.25, 0.3) is 11.0 Å². The molecule has 0 atom stereocenters. The summed E-state index contributed by atoms with van der Waals surface area (Å²) >= 11 is 10.4. The molecule has 0 saturated carbocycles. The molecule has 0 amide bonds. The Balaban J connectivity index is 2.24. The third-order valence-corrected chi connectivity index (χ3v) is 3.82. The molecule has 0 radical (unpaired) electrons. The Morgan fingerprint density at radius 3 is 2.84 bits per heavy atom. The molecule has 19 heavy (non-hydrogen) atoms. The van der Waals surface area contributed by atoms with Crippen LogP contribution in [0.2, 0.25) is 5.02 Å². The lowest BCUT2D eigenvalue weighted by Gasteiger charge is -2.08. The van der Waals surface area contributed by atoms with Gasteiger partial charge in [-0.25, -0.2) is 4.98 Å². The van der Waals surface area contributed by atoms with Crippen molar-refractivity contribution in [1.82, 2.24) is 9.55 Å². The van der Waals surface area contributed by atoms with Gasteiger partial charge in [-0.3, -0.25) is 0 Å². The van der Waals surface area contributed by atoms with Gasteiger partial charge in [0.15, 0.2) is 0 Å². The number of thiol groups is 1. The van der Waals surface area contributed by atoms with Crippen LogP contribution in [0.3, 0.4) is 0 Å². The van der Waals surface area contributed by atoms with Crippen LogP contribution in [0, 0.1) is 0 Å². The highest BCUT2D eigenvalue weighted by atomic mass is 35.5. The molecule has 104 valence electrons. The van der Waals surface area contributed by atoms with Crippen LogP contribution in [0.1, 0.15) is 38.4 Å². The Labute approximate surface area is 125 Å². The molecule has 0 unspecified atom stereocenters. The summed E-state index contributed by atoms with van der Waals surface area (Å²) in [4.78, 5) is 4.69. The Hall–Kier alpha value is -0.670. The van der Waals surface area contributed by atoms with Gasteiger partial charge in [0.25, 0.3) is 0 Å². The van der Waals surface area contributed by atoms with Crippen LogP contribution in [-0.2, 0) is 13.0 Å². The minimum Gasteiger partial charge on any atom is -0.328 e. The van der Waals surface area contributed by atoms with Crippen LogP contribution in [-0.4, -0.2) is 15.3 Å². The molecular weight excluding hydrogens is 276 g/mol. The smallest absolute Gasteiger partial charge is 0.110 e. The molecule has 2 aromatic rings. The monoisotopic (exact) mass is 296 g/mol. The van der Waals surface area contributed by atoms with E-state index in [2.05, 4.69) is 30.2 Å². The van der Waals surface area contributed by atoms with E-state index in [-0.39, 0.29) is 0 Å².